The molecule has 2 rings (SSSR count). The number of carbonyl (C=O) groups excluding carboxylic acids is 1. The average molecular weight is 312 g/mol. The Bertz CT molecular complexity index is 544. The van der Waals surface area contributed by atoms with Crippen molar-refractivity contribution in [2.75, 3.05) is 18.0 Å². The van der Waals surface area contributed by atoms with Crippen molar-refractivity contribution in [3.63, 3.8) is 0 Å². The highest BCUT2D eigenvalue weighted by molar-refractivity contribution is 7.17. The molecule has 7 heteroatoms. The summed E-state index contributed by atoms with van der Waals surface area (Å²) in [7, 11) is 0. The van der Waals surface area contributed by atoms with Gasteiger partial charge in [0.25, 0.3) is 0 Å². The summed E-state index contributed by atoms with van der Waals surface area (Å²) in [5.74, 6) is -1.45. The minimum atomic E-state index is -1.17. The molecule has 1 aliphatic rings. The van der Waals surface area contributed by atoms with Gasteiger partial charge in [-0.1, -0.05) is 11.3 Å². The standard InChI is InChI=1S/C14H20N2O4S/c1-8(17)10-9(11(18)19)15-12(21-10)16-6-13(2,3)20-14(4,5)7-16/h6-7H2,1-5H3,(H,18,19). The van der Waals surface area contributed by atoms with Gasteiger partial charge in [0.1, 0.15) is 4.88 Å². The lowest BCUT2D eigenvalue weighted by Crippen LogP contribution is -2.57. The van der Waals surface area contributed by atoms with E-state index < -0.39 is 5.97 Å². The Morgan fingerprint density at radius 1 is 1.24 bits per heavy atom. The number of hydrogen-bond acceptors (Lipinski definition) is 6. The Labute approximate surface area is 127 Å². The first-order valence-corrected chi connectivity index (χ1v) is 7.53. The highest BCUT2D eigenvalue weighted by Crippen LogP contribution is 2.34. The van der Waals surface area contributed by atoms with Gasteiger partial charge < -0.3 is 14.7 Å². The zero-order valence-corrected chi connectivity index (χ0v) is 13.7. The number of Topliss-reactive ketones (excluding diaryl/α,β-unsaturated/α-hetero) is 1. The molecule has 0 atom stereocenters. The van der Waals surface area contributed by atoms with E-state index in [2.05, 4.69) is 4.98 Å². The molecule has 0 aromatic carbocycles. The Morgan fingerprint density at radius 3 is 2.14 bits per heavy atom. The van der Waals surface area contributed by atoms with Gasteiger partial charge in [-0.15, -0.1) is 0 Å². The van der Waals surface area contributed by atoms with E-state index in [1.165, 1.54) is 6.92 Å². The summed E-state index contributed by atoms with van der Waals surface area (Å²) in [5, 5.41) is 9.74. The second-order valence-corrected chi connectivity index (χ2v) is 7.49. The van der Waals surface area contributed by atoms with Crippen molar-refractivity contribution in [1.29, 1.82) is 0 Å². The summed E-state index contributed by atoms with van der Waals surface area (Å²) in [5.41, 5.74) is -0.898. The summed E-state index contributed by atoms with van der Waals surface area (Å²) in [6, 6.07) is 0. The molecule has 0 spiro atoms. The number of rotatable bonds is 3. The summed E-state index contributed by atoms with van der Waals surface area (Å²) in [4.78, 5) is 29.2. The number of ketones is 1. The van der Waals surface area contributed by atoms with Gasteiger partial charge in [-0.2, -0.15) is 0 Å². The van der Waals surface area contributed by atoms with Crippen molar-refractivity contribution in [1.82, 2.24) is 4.98 Å². The van der Waals surface area contributed by atoms with E-state index in [1.54, 1.807) is 0 Å². The molecular weight excluding hydrogens is 292 g/mol. The van der Waals surface area contributed by atoms with Gasteiger partial charge >= 0.3 is 5.97 Å². The monoisotopic (exact) mass is 312 g/mol. The number of nitrogens with zero attached hydrogens (tertiary/aromatic N) is 2. The molecule has 0 bridgehead atoms. The van der Waals surface area contributed by atoms with Gasteiger partial charge in [-0.3, -0.25) is 4.79 Å². The third kappa shape index (κ3) is 3.41. The van der Waals surface area contributed by atoms with Crippen LogP contribution in [0, 0.1) is 0 Å². The van der Waals surface area contributed by atoms with Crippen LogP contribution in [-0.4, -0.2) is 46.1 Å². The van der Waals surface area contributed by atoms with Gasteiger partial charge in [0, 0.05) is 20.0 Å². The quantitative estimate of drug-likeness (QED) is 0.864. The molecule has 1 saturated heterocycles. The maximum Gasteiger partial charge on any atom is 0.356 e. The molecule has 0 saturated carbocycles. The minimum Gasteiger partial charge on any atom is -0.476 e. The predicted molar refractivity (Wildman–Crippen MR) is 80.5 cm³/mol. The fourth-order valence-electron chi connectivity index (χ4n) is 2.75. The highest BCUT2D eigenvalue weighted by atomic mass is 32.1. The first-order valence-electron chi connectivity index (χ1n) is 6.71. The van der Waals surface area contributed by atoms with Crippen molar-refractivity contribution < 1.29 is 19.4 Å². The lowest BCUT2D eigenvalue weighted by Gasteiger charge is -2.47. The van der Waals surface area contributed by atoms with Crippen LogP contribution in [-0.2, 0) is 4.74 Å². The van der Waals surface area contributed by atoms with Crippen molar-refractivity contribution in [2.45, 2.75) is 45.8 Å². The summed E-state index contributed by atoms with van der Waals surface area (Å²) in [6.45, 7) is 10.5. The molecule has 21 heavy (non-hydrogen) atoms. The highest BCUT2D eigenvalue weighted by Gasteiger charge is 2.39. The zero-order valence-electron chi connectivity index (χ0n) is 12.9. The Morgan fingerprint density at radius 2 is 1.76 bits per heavy atom. The molecule has 0 radical (unpaired) electrons. The van der Waals surface area contributed by atoms with E-state index >= 15 is 0 Å². The summed E-state index contributed by atoms with van der Waals surface area (Å²) in [6.07, 6.45) is 0. The van der Waals surface area contributed by atoms with Crippen LogP contribution in [0.15, 0.2) is 0 Å². The summed E-state index contributed by atoms with van der Waals surface area (Å²) < 4.78 is 6.00. The summed E-state index contributed by atoms with van der Waals surface area (Å²) >= 11 is 1.13. The van der Waals surface area contributed by atoms with Crippen LogP contribution in [0.4, 0.5) is 5.13 Å². The molecule has 0 amide bonds. The predicted octanol–water partition coefficient (Wildman–Crippen LogP) is 2.44. The number of aromatic nitrogens is 1. The average Bonchev–Trinajstić information content (AvgIpc) is 2.69. The molecule has 116 valence electrons. The van der Waals surface area contributed by atoms with Crippen LogP contribution >= 0.6 is 11.3 Å². The fourth-order valence-corrected chi connectivity index (χ4v) is 3.70. The number of carbonyl (C=O) groups is 2. The SMILES string of the molecule is CC(=O)c1sc(N2CC(C)(C)OC(C)(C)C2)nc1C(=O)O. The zero-order chi connectivity index (χ0) is 16.0. The van der Waals surface area contributed by atoms with Crippen LogP contribution in [0.25, 0.3) is 0 Å². The number of hydrogen-bond donors (Lipinski definition) is 1. The normalized spacial score (nSPS) is 20.3. The van der Waals surface area contributed by atoms with Gasteiger partial charge in [0.15, 0.2) is 16.6 Å². The van der Waals surface area contributed by atoms with Crippen molar-refractivity contribution in [3.05, 3.63) is 10.6 Å². The number of aromatic carboxylic acids is 1. The molecule has 2 heterocycles. The lowest BCUT2D eigenvalue weighted by molar-refractivity contribution is -0.133. The van der Waals surface area contributed by atoms with Crippen LogP contribution in [0.5, 0.6) is 0 Å². The van der Waals surface area contributed by atoms with Crippen molar-refractivity contribution in [3.8, 4) is 0 Å². The lowest BCUT2D eigenvalue weighted by atomic mass is 9.99. The Hall–Kier alpha value is -1.47. The topological polar surface area (TPSA) is 79.7 Å². The molecule has 6 nitrogen and oxygen atoms in total. The number of thiazole rings is 1. The van der Waals surface area contributed by atoms with E-state index in [0.29, 0.717) is 18.2 Å². The van der Waals surface area contributed by atoms with Gasteiger partial charge in [0.05, 0.1) is 11.2 Å². The molecule has 1 aliphatic heterocycles. The third-order valence-corrected chi connectivity index (χ3v) is 4.32. The van der Waals surface area contributed by atoms with Crippen LogP contribution in [0.2, 0.25) is 0 Å². The van der Waals surface area contributed by atoms with Crippen molar-refractivity contribution in [2.24, 2.45) is 0 Å². The first-order chi connectivity index (χ1) is 9.51. The van der Waals surface area contributed by atoms with E-state index in [-0.39, 0.29) is 27.6 Å². The van der Waals surface area contributed by atoms with Gasteiger partial charge in [-0.25, -0.2) is 9.78 Å². The van der Waals surface area contributed by atoms with E-state index in [9.17, 15) is 14.7 Å². The molecule has 0 aliphatic carbocycles. The number of ether oxygens (including phenoxy) is 1. The second-order valence-electron chi connectivity index (χ2n) is 6.51. The van der Waals surface area contributed by atoms with Crippen LogP contribution in [0.1, 0.15) is 54.8 Å². The molecule has 1 N–H and O–H groups in total. The molecule has 1 aromatic rings. The molecular formula is C14H20N2O4S. The van der Waals surface area contributed by atoms with E-state index in [4.69, 9.17) is 4.74 Å². The Kier molecular flexibility index (Phi) is 3.84. The largest absolute Gasteiger partial charge is 0.476 e. The third-order valence-electron chi connectivity index (χ3n) is 3.10. The smallest absolute Gasteiger partial charge is 0.356 e. The van der Waals surface area contributed by atoms with Gasteiger partial charge in [-0.05, 0) is 27.7 Å². The van der Waals surface area contributed by atoms with Crippen LogP contribution < -0.4 is 4.90 Å². The maximum absolute atomic E-state index is 11.6. The number of morpholine rings is 1. The number of carboxylic acids is 1. The van der Waals surface area contributed by atoms with E-state index in [0.717, 1.165) is 11.3 Å². The van der Waals surface area contributed by atoms with Gasteiger partial charge in [0.2, 0.25) is 0 Å². The first kappa shape index (κ1) is 15.9. The number of carboxylic acid groups (broad SMARTS) is 1. The Balaban J connectivity index is 2.40. The van der Waals surface area contributed by atoms with E-state index in [1.807, 2.05) is 32.6 Å². The molecule has 1 fully saturated rings. The molecule has 0 unspecified atom stereocenters. The van der Waals surface area contributed by atoms with Crippen LogP contribution in [0.3, 0.4) is 0 Å². The second kappa shape index (κ2) is 5.06. The fraction of sp³-hybridized carbons (Fsp3) is 0.643. The maximum atomic E-state index is 11.6. The molecule has 1 aromatic heterocycles. The minimum absolute atomic E-state index is 0.162. The number of anilines is 1. The van der Waals surface area contributed by atoms with Crippen molar-refractivity contribution >= 4 is 28.2 Å².